The molecule has 5 heteroatoms. The van der Waals surface area contributed by atoms with Crippen LogP contribution in [0.3, 0.4) is 0 Å². The highest BCUT2D eigenvalue weighted by atomic mass is 15.4. The Kier molecular flexibility index (Phi) is 3.43. The Morgan fingerprint density at radius 2 is 2.00 bits per heavy atom. The van der Waals surface area contributed by atoms with Gasteiger partial charge in [0.1, 0.15) is 5.82 Å². The van der Waals surface area contributed by atoms with Crippen LogP contribution < -0.4 is 10.6 Å². The zero-order valence-corrected chi connectivity index (χ0v) is 10.2. The molecule has 0 aromatic carbocycles. The summed E-state index contributed by atoms with van der Waals surface area (Å²) in [7, 11) is 4.03. The lowest BCUT2D eigenvalue weighted by molar-refractivity contribution is 0.497. The first kappa shape index (κ1) is 11.4. The predicted molar refractivity (Wildman–Crippen MR) is 64.6 cm³/mol. The number of hydrogen-bond donors (Lipinski definition) is 1. The highest BCUT2D eigenvalue weighted by molar-refractivity contribution is 5.29. The molecule has 0 atom stereocenters. The molecule has 0 radical (unpaired) electrons. The average Bonchev–Trinajstić information content (AvgIpc) is 2.84. The van der Waals surface area contributed by atoms with Crippen LogP contribution in [0.1, 0.15) is 37.5 Å². The summed E-state index contributed by atoms with van der Waals surface area (Å²) in [6, 6.07) is 0.578. The highest BCUT2D eigenvalue weighted by Gasteiger charge is 2.24. The van der Waals surface area contributed by atoms with Crippen molar-refractivity contribution in [1.82, 2.24) is 14.8 Å². The zero-order chi connectivity index (χ0) is 11.5. The molecule has 0 saturated heterocycles. The van der Waals surface area contributed by atoms with Crippen LogP contribution in [0, 0.1) is 0 Å². The summed E-state index contributed by atoms with van der Waals surface area (Å²) in [5.74, 6) is 2.01. The predicted octanol–water partition coefficient (Wildman–Crippen LogP) is 0.960. The lowest BCUT2D eigenvalue weighted by atomic mass is 10.2. The average molecular weight is 223 g/mol. The van der Waals surface area contributed by atoms with Gasteiger partial charge in [-0.3, -0.25) is 4.57 Å². The lowest BCUT2D eigenvalue weighted by Crippen LogP contribution is -2.20. The molecule has 0 bridgehead atoms. The molecular weight excluding hydrogens is 202 g/mol. The highest BCUT2D eigenvalue weighted by Crippen LogP contribution is 2.33. The summed E-state index contributed by atoms with van der Waals surface area (Å²) in [5, 5.41) is 8.53. The molecule has 0 spiro atoms. The van der Waals surface area contributed by atoms with Gasteiger partial charge in [0.05, 0.1) is 0 Å². The van der Waals surface area contributed by atoms with Crippen LogP contribution in [0.4, 0.5) is 5.95 Å². The van der Waals surface area contributed by atoms with Crippen LogP contribution in [0.15, 0.2) is 0 Å². The normalized spacial score (nSPS) is 16.9. The quantitative estimate of drug-likeness (QED) is 0.826. The molecule has 0 unspecified atom stereocenters. The lowest BCUT2D eigenvalue weighted by Gasteiger charge is -2.20. The fraction of sp³-hybridized carbons (Fsp3) is 0.818. The van der Waals surface area contributed by atoms with Crippen LogP contribution in [-0.4, -0.2) is 35.4 Å². The van der Waals surface area contributed by atoms with E-state index >= 15 is 0 Å². The van der Waals surface area contributed by atoms with E-state index < -0.39 is 0 Å². The van der Waals surface area contributed by atoms with Crippen molar-refractivity contribution in [3.8, 4) is 0 Å². The molecule has 1 aliphatic rings. The third kappa shape index (κ3) is 2.04. The second-order valence-electron chi connectivity index (χ2n) is 4.66. The molecule has 2 rings (SSSR count). The summed E-state index contributed by atoms with van der Waals surface area (Å²) in [4.78, 5) is 2.03. The molecule has 1 saturated carbocycles. The molecule has 2 N–H and O–H groups in total. The summed E-state index contributed by atoms with van der Waals surface area (Å²) in [6.07, 6.45) is 5.94. The molecule has 0 amide bonds. The molecule has 1 fully saturated rings. The Morgan fingerprint density at radius 1 is 1.31 bits per heavy atom. The molecule has 1 aromatic rings. The second-order valence-corrected chi connectivity index (χ2v) is 4.66. The first-order valence-corrected chi connectivity index (χ1v) is 6.05. The molecule has 90 valence electrons. The van der Waals surface area contributed by atoms with Crippen LogP contribution >= 0.6 is 0 Å². The van der Waals surface area contributed by atoms with Crippen molar-refractivity contribution >= 4 is 5.95 Å². The van der Waals surface area contributed by atoms with Crippen molar-refractivity contribution in [2.45, 2.75) is 38.1 Å². The van der Waals surface area contributed by atoms with E-state index in [0.717, 1.165) is 18.2 Å². The van der Waals surface area contributed by atoms with Gasteiger partial charge in [0, 0.05) is 26.6 Å². The maximum absolute atomic E-state index is 5.62. The van der Waals surface area contributed by atoms with Gasteiger partial charge in [-0.2, -0.15) is 0 Å². The van der Waals surface area contributed by atoms with Gasteiger partial charge in [0.15, 0.2) is 0 Å². The largest absolute Gasteiger partial charge is 0.347 e. The number of hydrogen-bond acceptors (Lipinski definition) is 4. The van der Waals surface area contributed by atoms with Crippen LogP contribution in [0.5, 0.6) is 0 Å². The fourth-order valence-corrected chi connectivity index (χ4v) is 2.46. The number of aromatic nitrogens is 3. The van der Waals surface area contributed by atoms with Gasteiger partial charge < -0.3 is 10.6 Å². The fourth-order valence-electron chi connectivity index (χ4n) is 2.46. The Bertz CT molecular complexity index is 338. The van der Waals surface area contributed by atoms with E-state index in [1.165, 1.54) is 25.7 Å². The Morgan fingerprint density at radius 3 is 2.56 bits per heavy atom. The van der Waals surface area contributed by atoms with E-state index in [1.54, 1.807) is 0 Å². The summed E-state index contributed by atoms with van der Waals surface area (Å²) >= 11 is 0. The van der Waals surface area contributed by atoms with Crippen molar-refractivity contribution in [1.29, 1.82) is 0 Å². The van der Waals surface area contributed by atoms with E-state index in [9.17, 15) is 0 Å². The maximum Gasteiger partial charge on any atom is 0.226 e. The summed E-state index contributed by atoms with van der Waals surface area (Å²) in [6.45, 7) is 0.637. The van der Waals surface area contributed by atoms with E-state index in [0.29, 0.717) is 12.6 Å². The number of nitrogens with zero attached hydrogens (tertiary/aromatic N) is 4. The van der Waals surface area contributed by atoms with Crippen molar-refractivity contribution < 1.29 is 0 Å². The number of nitrogens with two attached hydrogens (primary N) is 1. The van der Waals surface area contributed by atoms with E-state index in [1.807, 2.05) is 19.0 Å². The number of rotatable bonds is 4. The second kappa shape index (κ2) is 4.82. The Hall–Kier alpha value is -1.10. The molecule has 5 nitrogen and oxygen atoms in total. The first-order valence-electron chi connectivity index (χ1n) is 6.05. The van der Waals surface area contributed by atoms with Crippen LogP contribution in [0.25, 0.3) is 0 Å². The van der Waals surface area contributed by atoms with Crippen molar-refractivity contribution in [3.63, 3.8) is 0 Å². The maximum atomic E-state index is 5.62. The van der Waals surface area contributed by atoms with Gasteiger partial charge >= 0.3 is 0 Å². The SMILES string of the molecule is CN(C)c1nnc(CCN)n1C1CCCC1. The smallest absolute Gasteiger partial charge is 0.226 e. The first-order chi connectivity index (χ1) is 7.74. The van der Waals surface area contributed by atoms with Gasteiger partial charge in [-0.1, -0.05) is 12.8 Å². The van der Waals surface area contributed by atoms with Crippen molar-refractivity contribution in [2.75, 3.05) is 25.5 Å². The van der Waals surface area contributed by atoms with Gasteiger partial charge in [0.2, 0.25) is 5.95 Å². The topological polar surface area (TPSA) is 60.0 Å². The van der Waals surface area contributed by atoms with E-state index in [4.69, 9.17) is 5.73 Å². The molecule has 16 heavy (non-hydrogen) atoms. The molecule has 1 heterocycles. The van der Waals surface area contributed by atoms with Crippen LogP contribution in [0.2, 0.25) is 0 Å². The minimum Gasteiger partial charge on any atom is -0.347 e. The molecular formula is C11H21N5. The van der Waals surface area contributed by atoms with E-state index in [-0.39, 0.29) is 0 Å². The summed E-state index contributed by atoms with van der Waals surface area (Å²) < 4.78 is 2.29. The van der Waals surface area contributed by atoms with Gasteiger partial charge in [0.25, 0.3) is 0 Å². The van der Waals surface area contributed by atoms with Gasteiger partial charge in [-0.25, -0.2) is 0 Å². The Labute approximate surface area is 96.6 Å². The zero-order valence-electron chi connectivity index (χ0n) is 10.2. The monoisotopic (exact) mass is 223 g/mol. The van der Waals surface area contributed by atoms with Gasteiger partial charge in [-0.15, -0.1) is 10.2 Å². The van der Waals surface area contributed by atoms with Crippen molar-refractivity contribution in [3.05, 3.63) is 5.82 Å². The van der Waals surface area contributed by atoms with Crippen LogP contribution in [-0.2, 0) is 6.42 Å². The molecule has 1 aliphatic carbocycles. The third-order valence-electron chi connectivity index (χ3n) is 3.21. The van der Waals surface area contributed by atoms with E-state index in [2.05, 4.69) is 14.8 Å². The standard InChI is InChI=1S/C11H21N5/c1-15(2)11-14-13-10(7-8-12)16(11)9-5-3-4-6-9/h9H,3-8,12H2,1-2H3. The Balaban J connectivity index is 2.32. The minimum atomic E-state index is 0.578. The molecule has 1 aromatic heterocycles. The van der Waals surface area contributed by atoms with Crippen molar-refractivity contribution in [2.24, 2.45) is 5.73 Å². The van der Waals surface area contributed by atoms with Gasteiger partial charge in [-0.05, 0) is 19.4 Å². The third-order valence-corrected chi connectivity index (χ3v) is 3.21. The molecule has 0 aliphatic heterocycles. The minimum absolute atomic E-state index is 0.578. The number of anilines is 1. The summed E-state index contributed by atoms with van der Waals surface area (Å²) in [5.41, 5.74) is 5.62.